The van der Waals surface area contributed by atoms with Crippen LogP contribution in [-0.4, -0.2) is 22.0 Å². The van der Waals surface area contributed by atoms with Crippen molar-refractivity contribution in [1.29, 1.82) is 0 Å². The van der Waals surface area contributed by atoms with Crippen LogP contribution in [0.3, 0.4) is 0 Å². The highest BCUT2D eigenvalue weighted by atomic mass is 16.5. The molecule has 0 aliphatic carbocycles. The Morgan fingerprint density at radius 1 is 1.39 bits per heavy atom. The van der Waals surface area contributed by atoms with Gasteiger partial charge >= 0.3 is 5.97 Å². The van der Waals surface area contributed by atoms with Crippen LogP contribution in [0.1, 0.15) is 11.4 Å². The van der Waals surface area contributed by atoms with Gasteiger partial charge in [-0.25, -0.2) is 4.98 Å². The van der Waals surface area contributed by atoms with E-state index in [0.29, 0.717) is 12.2 Å². The normalized spacial score (nSPS) is 12.1. The molecular weight excluding hydrogens is 230 g/mol. The lowest BCUT2D eigenvalue weighted by atomic mass is 10.2. The molecule has 0 fully saturated rings. The molecule has 1 aromatic carbocycles. The van der Waals surface area contributed by atoms with Crippen molar-refractivity contribution in [3.8, 4) is 0 Å². The largest absolute Gasteiger partial charge is 0.460 e. The quantitative estimate of drug-likeness (QED) is 0.771. The van der Waals surface area contributed by atoms with E-state index in [1.807, 2.05) is 30.3 Å². The first-order valence-electron chi connectivity index (χ1n) is 5.70. The van der Waals surface area contributed by atoms with Crippen molar-refractivity contribution in [2.75, 3.05) is 0 Å². The standard InChI is InChI=1S/C13H15N3O2/c14-11(8-12-15-6-7-16-12)13(17)18-9-10-4-2-1-3-5-10/h1-7,11H,8-9,14H2,(H,15,16)/t11-/m0/s1. The zero-order valence-corrected chi connectivity index (χ0v) is 9.87. The predicted octanol–water partition coefficient (Wildman–Crippen LogP) is 1.02. The molecule has 0 amide bonds. The van der Waals surface area contributed by atoms with Gasteiger partial charge in [0.1, 0.15) is 18.5 Å². The summed E-state index contributed by atoms with van der Waals surface area (Å²) in [6, 6.07) is 8.79. The third-order valence-corrected chi connectivity index (χ3v) is 2.49. The van der Waals surface area contributed by atoms with Crippen LogP contribution in [0.15, 0.2) is 42.7 Å². The Bertz CT molecular complexity index is 482. The van der Waals surface area contributed by atoms with Crippen molar-refractivity contribution >= 4 is 5.97 Å². The topological polar surface area (TPSA) is 81.0 Å². The molecule has 0 spiro atoms. The van der Waals surface area contributed by atoms with Crippen LogP contribution >= 0.6 is 0 Å². The van der Waals surface area contributed by atoms with Crippen molar-refractivity contribution in [3.63, 3.8) is 0 Å². The van der Waals surface area contributed by atoms with E-state index in [-0.39, 0.29) is 6.61 Å². The van der Waals surface area contributed by atoms with Crippen molar-refractivity contribution in [2.45, 2.75) is 19.1 Å². The first-order chi connectivity index (χ1) is 8.75. The number of imidazole rings is 1. The minimum Gasteiger partial charge on any atom is -0.460 e. The van der Waals surface area contributed by atoms with E-state index in [1.165, 1.54) is 0 Å². The van der Waals surface area contributed by atoms with Gasteiger partial charge in [-0.1, -0.05) is 30.3 Å². The fourth-order valence-corrected chi connectivity index (χ4v) is 1.54. The Hall–Kier alpha value is -2.14. The second kappa shape index (κ2) is 5.97. The predicted molar refractivity (Wildman–Crippen MR) is 66.5 cm³/mol. The van der Waals surface area contributed by atoms with Crippen LogP contribution < -0.4 is 5.73 Å². The minimum absolute atomic E-state index is 0.242. The van der Waals surface area contributed by atoms with Gasteiger partial charge in [0.2, 0.25) is 0 Å². The maximum absolute atomic E-state index is 11.7. The van der Waals surface area contributed by atoms with E-state index in [2.05, 4.69) is 9.97 Å². The van der Waals surface area contributed by atoms with Gasteiger partial charge in [-0.2, -0.15) is 0 Å². The number of benzene rings is 1. The average molecular weight is 245 g/mol. The van der Waals surface area contributed by atoms with Gasteiger partial charge in [0, 0.05) is 18.8 Å². The Labute approximate surface area is 105 Å². The van der Waals surface area contributed by atoms with E-state index < -0.39 is 12.0 Å². The summed E-state index contributed by atoms with van der Waals surface area (Å²) in [4.78, 5) is 18.6. The van der Waals surface area contributed by atoms with Gasteiger partial charge in [0.05, 0.1) is 0 Å². The summed E-state index contributed by atoms with van der Waals surface area (Å²) >= 11 is 0. The lowest BCUT2D eigenvalue weighted by Gasteiger charge is -2.10. The number of hydrogen-bond donors (Lipinski definition) is 2. The summed E-state index contributed by atoms with van der Waals surface area (Å²) in [6.45, 7) is 0.242. The number of carbonyl (C=O) groups is 1. The molecule has 0 radical (unpaired) electrons. The molecule has 1 aromatic heterocycles. The van der Waals surface area contributed by atoms with Crippen molar-refractivity contribution in [1.82, 2.24) is 9.97 Å². The van der Waals surface area contributed by atoms with Gasteiger partial charge in [0.15, 0.2) is 0 Å². The van der Waals surface area contributed by atoms with E-state index in [9.17, 15) is 4.79 Å². The lowest BCUT2D eigenvalue weighted by molar-refractivity contribution is -0.146. The zero-order chi connectivity index (χ0) is 12.8. The summed E-state index contributed by atoms with van der Waals surface area (Å²) in [5.74, 6) is 0.259. The highest BCUT2D eigenvalue weighted by Gasteiger charge is 2.16. The van der Waals surface area contributed by atoms with Crippen LogP contribution in [0, 0.1) is 0 Å². The first kappa shape index (κ1) is 12.3. The molecule has 1 atom stereocenters. The first-order valence-corrected chi connectivity index (χ1v) is 5.70. The van der Waals surface area contributed by atoms with E-state index in [4.69, 9.17) is 10.5 Å². The monoisotopic (exact) mass is 245 g/mol. The average Bonchev–Trinajstić information content (AvgIpc) is 2.90. The Morgan fingerprint density at radius 3 is 2.83 bits per heavy atom. The SMILES string of the molecule is N[C@@H](Cc1ncc[nH]1)C(=O)OCc1ccccc1. The van der Waals surface area contributed by atoms with E-state index in [0.717, 1.165) is 5.56 Å². The molecule has 2 aromatic rings. The molecule has 0 bridgehead atoms. The molecule has 5 heteroatoms. The lowest BCUT2D eigenvalue weighted by Crippen LogP contribution is -2.34. The Balaban J connectivity index is 1.81. The number of carbonyl (C=O) groups excluding carboxylic acids is 1. The van der Waals surface area contributed by atoms with Crippen LogP contribution in [0.4, 0.5) is 0 Å². The third-order valence-electron chi connectivity index (χ3n) is 2.49. The summed E-state index contributed by atoms with van der Waals surface area (Å²) in [5, 5.41) is 0. The Kier molecular flexibility index (Phi) is 4.09. The second-order valence-corrected chi connectivity index (χ2v) is 3.94. The number of nitrogens with two attached hydrogens (primary N) is 1. The van der Waals surface area contributed by atoms with Crippen LogP contribution in [0.5, 0.6) is 0 Å². The zero-order valence-electron chi connectivity index (χ0n) is 9.87. The highest BCUT2D eigenvalue weighted by molar-refractivity contribution is 5.75. The van der Waals surface area contributed by atoms with Gasteiger partial charge < -0.3 is 15.5 Å². The number of ether oxygens (including phenoxy) is 1. The van der Waals surface area contributed by atoms with E-state index in [1.54, 1.807) is 12.4 Å². The number of hydrogen-bond acceptors (Lipinski definition) is 4. The van der Waals surface area contributed by atoms with Gasteiger partial charge in [-0.05, 0) is 5.56 Å². The molecule has 1 heterocycles. The number of nitrogens with one attached hydrogen (secondary N) is 1. The Morgan fingerprint density at radius 2 is 2.17 bits per heavy atom. The molecule has 18 heavy (non-hydrogen) atoms. The van der Waals surface area contributed by atoms with Crippen molar-refractivity contribution < 1.29 is 9.53 Å². The van der Waals surface area contributed by atoms with Crippen molar-refractivity contribution in [2.24, 2.45) is 5.73 Å². The number of aromatic amines is 1. The van der Waals surface area contributed by atoms with Crippen molar-refractivity contribution in [3.05, 3.63) is 54.1 Å². The fourth-order valence-electron chi connectivity index (χ4n) is 1.54. The fraction of sp³-hybridized carbons (Fsp3) is 0.231. The summed E-state index contributed by atoms with van der Waals surface area (Å²) < 4.78 is 5.13. The molecule has 2 rings (SSSR count). The van der Waals surface area contributed by atoms with Gasteiger partial charge in [-0.15, -0.1) is 0 Å². The van der Waals surface area contributed by atoms with Crippen LogP contribution in [0.25, 0.3) is 0 Å². The molecule has 3 N–H and O–H groups in total. The van der Waals surface area contributed by atoms with Gasteiger partial charge in [-0.3, -0.25) is 4.79 Å². The van der Waals surface area contributed by atoms with Crippen LogP contribution in [0.2, 0.25) is 0 Å². The number of H-pyrrole nitrogens is 1. The molecule has 5 nitrogen and oxygen atoms in total. The second-order valence-electron chi connectivity index (χ2n) is 3.94. The maximum Gasteiger partial charge on any atom is 0.323 e. The maximum atomic E-state index is 11.7. The number of esters is 1. The summed E-state index contributed by atoms with van der Waals surface area (Å²) in [5.41, 5.74) is 6.68. The van der Waals surface area contributed by atoms with Gasteiger partial charge in [0.25, 0.3) is 0 Å². The van der Waals surface area contributed by atoms with Crippen LogP contribution in [-0.2, 0) is 22.6 Å². The number of rotatable bonds is 5. The molecule has 0 aliphatic heterocycles. The summed E-state index contributed by atoms with van der Waals surface area (Å²) in [6.07, 6.45) is 3.66. The minimum atomic E-state index is -0.695. The van der Waals surface area contributed by atoms with E-state index >= 15 is 0 Å². The third kappa shape index (κ3) is 3.43. The molecule has 0 saturated carbocycles. The molecular formula is C13H15N3O2. The molecule has 94 valence electrons. The molecule has 0 unspecified atom stereocenters. The smallest absolute Gasteiger partial charge is 0.323 e. The summed E-state index contributed by atoms with van der Waals surface area (Å²) in [7, 11) is 0. The number of nitrogens with zero attached hydrogens (tertiary/aromatic N) is 1. The highest BCUT2D eigenvalue weighted by Crippen LogP contribution is 2.03. The number of aromatic nitrogens is 2. The molecule has 0 aliphatic rings. The molecule has 0 saturated heterocycles.